The predicted octanol–water partition coefficient (Wildman–Crippen LogP) is 3.59. The third-order valence-electron chi connectivity index (χ3n) is 4.27. The van der Waals surface area contributed by atoms with Crippen molar-refractivity contribution in [2.24, 2.45) is 0 Å². The van der Waals surface area contributed by atoms with Crippen molar-refractivity contribution in [3.05, 3.63) is 65.9 Å². The molecule has 0 bridgehead atoms. The van der Waals surface area contributed by atoms with Crippen molar-refractivity contribution in [2.75, 3.05) is 30.1 Å². The van der Waals surface area contributed by atoms with Crippen molar-refractivity contribution in [1.29, 1.82) is 5.41 Å². The number of amides is 1. The number of methoxy groups -OCH3 is 1. The molecule has 148 valence electrons. The number of anilines is 4. The first-order valence-corrected chi connectivity index (χ1v) is 8.93. The zero-order valence-corrected chi connectivity index (χ0v) is 16.4. The number of hydrogen-bond acceptors (Lipinski definition) is 7. The van der Waals surface area contributed by atoms with Gasteiger partial charge in [0.1, 0.15) is 5.71 Å². The van der Waals surface area contributed by atoms with Gasteiger partial charge in [0.15, 0.2) is 0 Å². The first-order chi connectivity index (χ1) is 14.0. The fourth-order valence-electron chi connectivity index (χ4n) is 2.71. The minimum Gasteiger partial charge on any atom is -0.481 e. The summed E-state index contributed by atoms with van der Waals surface area (Å²) in [5.74, 6) is 0.327. The van der Waals surface area contributed by atoms with Crippen LogP contribution < -0.4 is 20.7 Å². The second-order valence-electron chi connectivity index (χ2n) is 6.20. The number of ether oxygens (including phenoxy) is 1. The van der Waals surface area contributed by atoms with Crippen molar-refractivity contribution in [1.82, 2.24) is 9.97 Å². The molecule has 0 radical (unpaired) electrons. The van der Waals surface area contributed by atoms with E-state index in [0.29, 0.717) is 28.8 Å². The summed E-state index contributed by atoms with van der Waals surface area (Å²) < 4.78 is 5.11. The van der Waals surface area contributed by atoms with Crippen LogP contribution in [0.5, 0.6) is 5.88 Å². The Morgan fingerprint density at radius 2 is 1.90 bits per heavy atom. The van der Waals surface area contributed by atoms with Crippen LogP contribution in [0.15, 0.2) is 54.7 Å². The number of benzene rings is 2. The number of para-hydroxylation sites is 1. The molecule has 0 aliphatic heterocycles. The third kappa shape index (κ3) is 4.67. The Hall–Kier alpha value is -3.94. The Morgan fingerprint density at radius 1 is 1.10 bits per heavy atom. The fraction of sp³-hybridized carbons (Fsp3) is 0.143. The molecule has 0 aliphatic rings. The molecule has 0 saturated carbocycles. The van der Waals surface area contributed by atoms with E-state index in [1.54, 1.807) is 43.6 Å². The van der Waals surface area contributed by atoms with Crippen molar-refractivity contribution in [2.45, 2.75) is 6.92 Å². The highest BCUT2D eigenvalue weighted by molar-refractivity contribution is 6.48. The molecular weight excluding hydrogens is 368 g/mol. The number of hydrogen-bond donors (Lipinski definition) is 4. The van der Waals surface area contributed by atoms with Gasteiger partial charge in [-0.3, -0.25) is 10.2 Å². The van der Waals surface area contributed by atoms with Crippen LogP contribution in [-0.2, 0) is 4.79 Å². The number of aromatic nitrogens is 2. The quantitative estimate of drug-likeness (QED) is 0.459. The molecule has 8 heteroatoms. The van der Waals surface area contributed by atoms with E-state index in [1.807, 2.05) is 25.1 Å². The number of carbonyl (C=O) groups is 1. The summed E-state index contributed by atoms with van der Waals surface area (Å²) in [7, 11) is 3.29. The molecule has 29 heavy (non-hydrogen) atoms. The van der Waals surface area contributed by atoms with Crippen LogP contribution in [0.25, 0.3) is 0 Å². The lowest BCUT2D eigenvalue weighted by Gasteiger charge is -2.13. The van der Waals surface area contributed by atoms with Crippen molar-refractivity contribution >= 4 is 34.6 Å². The standard InChI is InChI=1S/C21H22N6O2/c1-13-8-9-14(12-17(13)26-21-24-11-10-18(27-21)29-3)25-20(28)19(22)15-6-4-5-7-16(15)23-2/h4-12,22-23H,1-3H3,(H,25,28)(H,24,26,27). The van der Waals surface area contributed by atoms with Gasteiger partial charge in [-0.1, -0.05) is 24.3 Å². The van der Waals surface area contributed by atoms with Crippen LogP contribution >= 0.6 is 0 Å². The predicted molar refractivity (Wildman–Crippen MR) is 114 cm³/mol. The second-order valence-corrected chi connectivity index (χ2v) is 6.20. The molecule has 8 nitrogen and oxygen atoms in total. The Balaban J connectivity index is 1.78. The lowest BCUT2D eigenvalue weighted by Crippen LogP contribution is -2.23. The van der Waals surface area contributed by atoms with E-state index in [-0.39, 0.29) is 5.71 Å². The van der Waals surface area contributed by atoms with Gasteiger partial charge >= 0.3 is 0 Å². The van der Waals surface area contributed by atoms with E-state index >= 15 is 0 Å². The zero-order valence-electron chi connectivity index (χ0n) is 16.4. The summed E-state index contributed by atoms with van der Waals surface area (Å²) in [4.78, 5) is 21.0. The number of carbonyl (C=O) groups excluding carboxylic acids is 1. The lowest BCUT2D eigenvalue weighted by molar-refractivity contribution is -0.110. The normalized spacial score (nSPS) is 10.2. The van der Waals surface area contributed by atoms with Gasteiger partial charge in [-0.25, -0.2) is 4.98 Å². The highest BCUT2D eigenvalue weighted by Crippen LogP contribution is 2.24. The average Bonchev–Trinajstić information content (AvgIpc) is 2.75. The third-order valence-corrected chi connectivity index (χ3v) is 4.27. The average molecular weight is 390 g/mol. The van der Waals surface area contributed by atoms with Crippen LogP contribution in [0.3, 0.4) is 0 Å². The SMILES string of the molecule is CNc1ccccc1C(=N)C(=O)Nc1ccc(C)c(Nc2nccc(OC)n2)c1. The largest absolute Gasteiger partial charge is 0.481 e. The van der Waals surface area contributed by atoms with Gasteiger partial charge in [-0.15, -0.1) is 0 Å². The summed E-state index contributed by atoms with van der Waals surface area (Å²) in [6.07, 6.45) is 1.59. The van der Waals surface area contributed by atoms with Crippen molar-refractivity contribution in [3.8, 4) is 5.88 Å². The molecule has 0 saturated heterocycles. The van der Waals surface area contributed by atoms with Gasteiger partial charge in [0.05, 0.1) is 7.11 Å². The number of nitrogens with zero attached hydrogens (tertiary/aromatic N) is 2. The Labute approximate surface area is 168 Å². The molecule has 2 aromatic carbocycles. The second kappa shape index (κ2) is 8.83. The summed E-state index contributed by atoms with van der Waals surface area (Å²) in [6, 6.07) is 14.3. The lowest BCUT2D eigenvalue weighted by atomic mass is 10.1. The molecule has 0 aliphatic carbocycles. The molecule has 3 aromatic rings. The van der Waals surface area contributed by atoms with Crippen LogP contribution in [0.2, 0.25) is 0 Å². The molecule has 3 rings (SSSR count). The van der Waals surface area contributed by atoms with Gasteiger partial charge < -0.3 is 20.7 Å². The van der Waals surface area contributed by atoms with Crippen LogP contribution in [0.4, 0.5) is 23.0 Å². The van der Waals surface area contributed by atoms with Gasteiger partial charge in [0.25, 0.3) is 5.91 Å². The molecule has 0 unspecified atom stereocenters. The summed E-state index contributed by atoms with van der Waals surface area (Å²) in [5, 5.41) is 17.1. The van der Waals surface area contributed by atoms with Gasteiger partial charge in [-0.05, 0) is 30.7 Å². The minimum absolute atomic E-state index is 0.124. The van der Waals surface area contributed by atoms with Gasteiger partial charge in [0, 0.05) is 41.9 Å². The maximum atomic E-state index is 12.6. The topological polar surface area (TPSA) is 112 Å². The molecule has 1 heterocycles. The summed E-state index contributed by atoms with van der Waals surface area (Å²) in [6.45, 7) is 1.93. The van der Waals surface area contributed by atoms with Crippen molar-refractivity contribution in [3.63, 3.8) is 0 Å². The maximum absolute atomic E-state index is 12.6. The van der Waals surface area contributed by atoms with Crippen LogP contribution in [-0.4, -0.2) is 35.7 Å². The van der Waals surface area contributed by atoms with Crippen LogP contribution in [0, 0.1) is 12.3 Å². The van der Waals surface area contributed by atoms with E-state index in [4.69, 9.17) is 10.1 Å². The van der Waals surface area contributed by atoms with E-state index in [9.17, 15) is 4.79 Å². The molecule has 1 amide bonds. The molecule has 0 fully saturated rings. The van der Waals surface area contributed by atoms with E-state index < -0.39 is 5.91 Å². The van der Waals surface area contributed by atoms with Crippen LogP contribution in [0.1, 0.15) is 11.1 Å². The molecule has 0 spiro atoms. The highest BCUT2D eigenvalue weighted by atomic mass is 16.5. The van der Waals surface area contributed by atoms with Crippen molar-refractivity contribution < 1.29 is 9.53 Å². The maximum Gasteiger partial charge on any atom is 0.274 e. The number of nitrogens with one attached hydrogen (secondary N) is 4. The summed E-state index contributed by atoms with van der Waals surface area (Å²) in [5.41, 5.74) is 3.36. The first kappa shape index (κ1) is 19.8. The molecule has 4 N–H and O–H groups in total. The first-order valence-electron chi connectivity index (χ1n) is 8.93. The summed E-state index contributed by atoms with van der Waals surface area (Å²) >= 11 is 0. The molecular formula is C21H22N6O2. The van der Waals surface area contributed by atoms with E-state index in [1.165, 1.54) is 7.11 Å². The van der Waals surface area contributed by atoms with E-state index in [0.717, 1.165) is 11.3 Å². The molecule has 0 atom stereocenters. The number of aryl methyl sites for hydroxylation is 1. The molecule has 1 aromatic heterocycles. The van der Waals surface area contributed by atoms with E-state index in [2.05, 4.69) is 25.9 Å². The highest BCUT2D eigenvalue weighted by Gasteiger charge is 2.15. The fourth-order valence-corrected chi connectivity index (χ4v) is 2.71. The monoisotopic (exact) mass is 390 g/mol. The van der Waals surface area contributed by atoms with Gasteiger partial charge in [-0.2, -0.15) is 4.98 Å². The van der Waals surface area contributed by atoms with Gasteiger partial charge in [0.2, 0.25) is 11.8 Å². The smallest absolute Gasteiger partial charge is 0.274 e. The Kier molecular flexibility index (Phi) is 6.03. The number of rotatable bonds is 7. The minimum atomic E-state index is -0.500. The Bertz CT molecular complexity index is 1050. The zero-order chi connectivity index (χ0) is 20.8. The Morgan fingerprint density at radius 3 is 2.66 bits per heavy atom.